The van der Waals surface area contributed by atoms with E-state index in [0.717, 1.165) is 0 Å². The first-order valence-corrected chi connectivity index (χ1v) is 3.08. The number of carboxylic acid groups (broad SMARTS) is 1. The zero-order valence-electron chi connectivity index (χ0n) is 6.20. The van der Waals surface area contributed by atoms with E-state index in [-0.39, 0.29) is 12.5 Å². The second-order valence-corrected chi connectivity index (χ2v) is 2.20. The van der Waals surface area contributed by atoms with Gasteiger partial charge in [0.25, 0.3) is 0 Å². The van der Waals surface area contributed by atoms with E-state index < -0.39 is 12.0 Å². The fourth-order valence-corrected chi connectivity index (χ4v) is 0.542. The summed E-state index contributed by atoms with van der Waals surface area (Å²) < 4.78 is 4.82. The first-order chi connectivity index (χ1) is 4.57. The Bertz CT molecular complexity index is 116. The standard InChI is InChI=1S/C6H13NO3/c1-4(10-2)5(7)3-6(8)9/h4-5H,3,7H2,1-2H3,(H,8,9). The molecule has 60 valence electrons. The number of carbonyl (C=O) groups is 1. The van der Waals surface area contributed by atoms with Crippen molar-refractivity contribution in [1.29, 1.82) is 0 Å². The van der Waals surface area contributed by atoms with Crippen LogP contribution in [0.5, 0.6) is 0 Å². The fraction of sp³-hybridized carbons (Fsp3) is 0.833. The first-order valence-electron chi connectivity index (χ1n) is 3.08. The highest BCUT2D eigenvalue weighted by molar-refractivity contribution is 5.67. The summed E-state index contributed by atoms with van der Waals surface area (Å²) in [6.45, 7) is 1.74. The lowest BCUT2D eigenvalue weighted by Crippen LogP contribution is -2.35. The van der Waals surface area contributed by atoms with Gasteiger partial charge in [0.05, 0.1) is 12.5 Å². The van der Waals surface area contributed by atoms with Crippen LogP contribution in [0.25, 0.3) is 0 Å². The molecule has 0 heterocycles. The SMILES string of the molecule is COC(C)C(N)CC(=O)O. The maximum atomic E-state index is 10.1. The smallest absolute Gasteiger partial charge is 0.305 e. The molecule has 0 aromatic carbocycles. The van der Waals surface area contributed by atoms with Crippen LogP contribution in [0.4, 0.5) is 0 Å². The average Bonchev–Trinajstić information content (AvgIpc) is 1.85. The van der Waals surface area contributed by atoms with Crippen molar-refractivity contribution in [3.63, 3.8) is 0 Å². The lowest BCUT2D eigenvalue weighted by molar-refractivity contribution is -0.138. The van der Waals surface area contributed by atoms with Crippen LogP contribution in [-0.2, 0) is 9.53 Å². The summed E-state index contributed by atoms with van der Waals surface area (Å²) in [6, 6.07) is -0.414. The molecule has 0 fully saturated rings. The topological polar surface area (TPSA) is 72.5 Å². The summed E-state index contributed by atoms with van der Waals surface area (Å²) >= 11 is 0. The zero-order valence-corrected chi connectivity index (χ0v) is 6.20. The minimum absolute atomic E-state index is 0.0466. The minimum Gasteiger partial charge on any atom is -0.481 e. The van der Waals surface area contributed by atoms with Gasteiger partial charge in [0, 0.05) is 13.2 Å². The van der Waals surface area contributed by atoms with Gasteiger partial charge >= 0.3 is 5.97 Å². The molecule has 3 N–H and O–H groups in total. The highest BCUT2D eigenvalue weighted by Gasteiger charge is 2.14. The van der Waals surface area contributed by atoms with E-state index >= 15 is 0 Å². The molecular formula is C6H13NO3. The number of rotatable bonds is 4. The van der Waals surface area contributed by atoms with Gasteiger partial charge in [0.15, 0.2) is 0 Å². The third-order valence-electron chi connectivity index (χ3n) is 1.39. The highest BCUT2D eigenvalue weighted by atomic mass is 16.5. The summed E-state index contributed by atoms with van der Waals surface area (Å²) in [4.78, 5) is 10.1. The van der Waals surface area contributed by atoms with Crippen molar-refractivity contribution in [2.24, 2.45) is 5.73 Å². The Morgan fingerprint density at radius 1 is 1.80 bits per heavy atom. The molecule has 10 heavy (non-hydrogen) atoms. The molecule has 4 nitrogen and oxygen atoms in total. The molecule has 0 bridgehead atoms. The number of hydrogen-bond acceptors (Lipinski definition) is 3. The van der Waals surface area contributed by atoms with E-state index in [4.69, 9.17) is 15.6 Å². The van der Waals surface area contributed by atoms with E-state index in [9.17, 15) is 4.79 Å². The predicted molar refractivity (Wildman–Crippen MR) is 36.7 cm³/mol. The molecule has 0 aliphatic heterocycles. The van der Waals surface area contributed by atoms with Gasteiger partial charge in [-0.1, -0.05) is 0 Å². The van der Waals surface area contributed by atoms with E-state index in [1.54, 1.807) is 6.92 Å². The molecule has 0 aromatic heterocycles. The van der Waals surface area contributed by atoms with Gasteiger partial charge in [0.1, 0.15) is 0 Å². The summed E-state index contributed by atoms with van der Waals surface area (Å²) in [6.07, 6.45) is -0.245. The van der Waals surface area contributed by atoms with Gasteiger partial charge in [-0.25, -0.2) is 0 Å². The van der Waals surface area contributed by atoms with Crippen molar-refractivity contribution in [2.45, 2.75) is 25.5 Å². The molecule has 0 saturated carbocycles. The average molecular weight is 147 g/mol. The van der Waals surface area contributed by atoms with Crippen LogP contribution >= 0.6 is 0 Å². The van der Waals surface area contributed by atoms with E-state index in [1.165, 1.54) is 7.11 Å². The van der Waals surface area contributed by atoms with Gasteiger partial charge in [-0.3, -0.25) is 4.79 Å². The molecule has 0 spiro atoms. The van der Waals surface area contributed by atoms with Gasteiger partial charge in [-0.15, -0.1) is 0 Å². The molecule has 0 aliphatic carbocycles. The van der Waals surface area contributed by atoms with Crippen molar-refractivity contribution in [2.75, 3.05) is 7.11 Å². The summed E-state index contributed by atoms with van der Waals surface area (Å²) in [5.74, 6) is -0.892. The van der Waals surface area contributed by atoms with Crippen molar-refractivity contribution in [1.82, 2.24) is 0 Å². The van der Waals surface area contributed by atoms with Crippen molar-refractivity contribution in [3.05, 3.63) is 0 Å². The lowest BCUT2D eigenvalue weighted by atomic mass is 10.1. The summed E-state index contributed by atoms with van der Waals surface area (Å²) in [5, 5.41) is 8.29. The van der Waals surface area contributed by atoms with Gasteiger partial charge in [-0.05, 0) is 6.92 Å². The Labute approximate surface area is 60.0 Å². The van der Waals surface area contributed by atoms with Crippen LogP contribution in [0.1, 0.15) is 13.3 Å². The van der Waals surface area contributed by atoms with Crippen LogP contribution in [0.2, 0.25) is 0 Å². The van der Waals surface area contributed by atoms with Crippen LogP contribution in [-0.4, -0.2) is 30.3 Å². The van der Waals surface area contributed by atoms with Crippen molar-refractivity contribution in [3.8, 4) is 0 Å². The van der Waals surface area contributed by atoms with Crippen molar-refractivity contribution >= 4 is 5.97 Å². The summed E-state index contributed by atoms with van der Waals surface area (Å²) in [7, 11) is 1.51. The molecule has 0 amide bonds. The third kappa shape index (κ3) is 3.42. The Hall–Kier alpha value is -0.610. The third-order valence-corrected chi connectivity index (χ3v) is 1.39. The molecule has 0 aromatic rings. The predicted octanol–water partition coefficient (Wildman–Crippen LogP) is -0.177. The largest absolute Gasteiger partial charge is 0.481 e. The van der Waals surface area contributed by atoms with Crippen LogP contribution in [0.3, 0.4) is 0 Å². The molecule has 4 heteroatoms. The molecule has 0 aliphatic rings. The second-order valence-electron chi connectivity index (χ2n) is 2.20. The van der Waals surface area contributed by atoms with Gasteiger partial charge < -0.3 is 15.6 Å². The Balaban J connectivity index is 3.61. The minimum atomic E-state index is -0.892. The Kier molecular flexibility index (Phi) is 3.99. The molecule has 0 rings (SSSR count). The lowest BCUT2D eigenvalue weighted by Gasteiger charge is -2.15. The summed E-state index contributed by atoms with van der Waals surface area (Å²) in [5.41, 5.74) is 5.42. The number of nitrogens with two attached hydrogens (primary N) is 1. The fourth-order valence-electron chi connectivity index (χ4n) is 0.542. The van der Waals surface area contributed by atoms with Crippen LogP contribution in [0.15, 0.2) is 0 Å². The zero-order chi connectivity index (χ0) is 8.15. The molecular weight excluding hydrogens is 134 g/mol. The maximum Gasteiger partial charge on any atom is 0.305 e. The highest BCUT2D eigenvalue weighted by Crippen LogP contribution is 1.98. The molecule has 2 unspecified atom stereocenters. The van der Waals surface area contributed by atoms with E-state index in [2.05, 4.69) is 0 Å². The number of hydrogen-bond donors (Lipinski definition) is 2. The van der Waals surface area contributed by atoms with Gasteiger partial charge in [0.2, 0.25) is 0 Å². The monoisotopic (exact) mass is 147 g/mol. The second kappa shape index (κ2) is 4.24. The van der Waals surface area contributed by atoms with Crippen LogP contribution < -0.4 is 5.73 Å². The molecule has 0 saturated heterocycles. The van der Waals surface area contributed by atoms with E-state index in [0.29, 0.717) is 0 Å². The first kappa shape index (κ1) is 9.39. The Morgan fingerprint density at radius 3 is 2.60 bits per heavy atom. The maximum absolute atomic E-state index is 10.1. The number of carboxylic acids is 1. The van der Waals surface area contributed by atoms with E-state index in [1.807, 2.05) is 0 Å². The normalized spacial score (nSPS) is 16.3. The molecule has 2 atom stereocenters. The van der Waals surface area contributed by atoms with Gasteiger partial charge in [-0.2, -0.15) is 0 Å². The van der Waals surface area contributed by atoms with Crippen molar-refractivity contribution < 1.29 is 14.6 Å². The number of aliphatic carboxylic acids is 1. The Morgan fingerprint density at radius 2 is 2.30 bits per heavy atom. The number of ether oxygens (including phenoxy) is 1. The number of methoxy groups -OCH3 is 1. The quantitative estimate of drug-likeness (QED) is 0.578. The molecule has 0 radical (unpaired) electrons. The van der Waals surface area contributed by atoms with Crippen LogP contribution in [0, 0.1) is 0 Å².